The van der Waals surface area contributed by atoms with Gasteiger partial charge in [0.25, 0.3) is 0 Å². The number of nitrogens with one attached hydrogen (secondary N) is 1. The van der Waals surface area contributed by atoms with Gasteiger partial charge in [0.2, 0.25) is 0 Å². The molecule has 1 rings (SSSR count). The van der Waals surface area contributed by atoms with Gasteiger partial charge in [-0.1, -0.05) is 0 Å². The third-order valence-electron chi connectivity index (χ3n) is 1.21. The molecular formula is C7H7Br2N3. The number of aromatic nitrogens is 1. The summed E-state index contributed by atoms with van der Waals surface area (Å²) in [5.74, 6) is 0. The standard InChI is InChI=1S/C7H7Br2N3/c1-10-12-2-5-6(8)3-11-4-7(5)9/h2-4,10H,1H3/b12-2-. The van der Waals surface area contributed by atoms with E-state index in [0.717, 1.165) is 14.5 Å². The Hall–Kier alpha value is -0.420. The SMILES string of the molecule is CN/N=C\c1c(Br)cncc1Br. The van der Waals surface area contributed by atoms with Gasteiger partial charge in [0.1, 0.15) is 0 Å². The number of pyridine rings is 1. The maximum atomic E-state index is 3.98. The lowest BCUT2D eigenvalue weighted by molar-refractivity contribution is 0.907. The van der Waals surface area contributed by atoms with Crippen molar-refractivity contribution in [3.05, 3.63) is 26.9 Å². The lowest BCUT2D eigenvalue weighted by Gasteiger charge is -1.99. The average Bonchev–Trinajstić information content (AvgIpc) is 2.04. The Morgan fingerprint density at radius 1 is 1.42 bits per heavy atom. The molecule has 0 radical (unpaired) electrons. The van der Waals surface area contributed by atoms with Crippen LogP contribution < -0.4 is 5.43 Å². The van der Waals surface area contributed by atoms with Crippen LogP contribution in [0.5, 0.6) is 0 Å². The summed E-state index contributed by atoms with van der Waals surface area (Å²) in [7, 11) is 1.75. The Morgan fingerprint density at radius 3 is 2.50 bits per heavy atom. The molecule has 0 aliphatic carbocycles. The highest BCUT2D eigenvalue weighted by Crippen LogP contribution is 2.21. The van der Waals surface area contributed by atoms with Crippen LogP contribution in [-0.2, 0) is 0 Å². The molecule has 0 aliphatic heterocycles. The molecule has 0 saturated heterocycles. The molecule has 64 valence electrons. The summed E-state index contributed by atoms with van der Waals surface area (Å²) in [6.45, 7) is 0. The largest absolute Gasteiger partial charge is 0.313 e. The van der Waals surface area contributed by atoms with Gasteiger partial charge in [0.05, 0.1) is 6.21 Å². The van der Waals surface area contributed by atoms with Gasteiger partial charge in [-0.2, -0.15) is 5.10 Å². The van der Waals surface area contributed by atoms with E-state index in [2.05, 4.69) is 47.4 Å². The van der Waals surface area contributed by atoms with E-state index < -0.39 is 0 Å². The Morgan fingerprint density at radius 2 is 2.00 bits per heavy atom. The Bertz CT molecular complexity index is 278. The first-order valence-electron chi connectivity index (χ1n) is 3.24. The number of nitrogens with zero attached hydrogens (tertiary/aromatic N) is 2. The van der Waals surface area contributed by atoms with Gasteiger partial charge in [-0.25, -0.2) is 0 Å². The van der Waals surface area contributed by atoms with Crippen LogP contribution in [0.15, 0.2) is 26.4 Å². The quantitative estimate of drug-likeness (QED) is 0.670. The first-order valence-corrected chi connectivity index (χ1v) is 4.83. The number of hydrazone groups is 1. The summed E-state index contributed by atoms with van der Waals surface area (Å²) in [4.78, 5) is 3.98. The first kappa shape index (κ1) is 9.67. The summed E-state index contributed by atoms with van der Waals surface area (Å²) in [6.07, 6.45) is 5.17. The van der Waals surface area contributed by atoms with Crippen LogP contribution in [0.1, 0.15) is 5.56 Å². The van der Waals surface area contributed by atoms with E-state index in [9.17, 15) is 0 Å². The third-order valence-corrected chi connectivity index (χ3v) is 2.48. The minimum atomic E-state index is 0.913. The minimum absolute atomic E-state index is 0.913. The summed E-state index contributed by atoms with van der Waals surface area (Å²) < 4.78 is 1.83. The van der Waals surface area contributed by atoms with Crippen LogP contribution in [0.3, 0.4) is 0 Å². The second-order valence-corrected chi connectivity index (χ2v) is 3.71. The molecule has 0 amide bonds. The molecule has 0 fully saturated rings. The van der Waals surface area contributed by atoms with Crippen molar-refractivity contribution in [2.45, 2.75) is 0 Å². The first-order chi connectivity index (χ1) is 5.75. The summed E-state index contributed by atoms with van der Waals surface area (Å²) in [5, 5.41) is 3.90. The zero-order valence-corrected chi connectivity index (χ0v) is 9.55. The summed E-state index contributed by atoms with van der Waals surface area (Å²) >= 11 is 6.73. The van der Waals surface area contributed by atoms with Crippen LogP contribution >= 0.6 is 31.9 Å². The molecule has 0 atom stereocenters. The molecule has 1 aromatic heterocycles. The predicted octanol–water partition coefficient (Wildman–Crippen LogP) is 2.16. The van der Waals surface area contributed by atoms with Crippen molar-refractivity contribution >= 4 is 38.1 Å². The van der Waals surface area contributed by atoms with E-state index in [1.54, 1.807) is 25.7 Å². The molecule has 1 N–H and O–H groups in total. The van der Waals surface area contributed by atoms with Gasteiger partial charge < -0.3 is 5.43 Å². The number of hydrogen-bond donors (Lipinski definition) is 1. The van der Waals surface area contributed by atoms with Crippen molar-refractivity contribution in [3.63, 3.8) is 0 Å². The van der Waals surface area contributed by atoms with Crippen LogP contribution in [0.4, 0.5) is 0 Å². The molecule has 3 nitrogen and oxygen atoms in total. The Labute approximate surface area is 87.5 Å². The zero-order chi connectivity index (χ0) is 8.97. The Balaban J connectivity index is 3.04. The van der Waals surface area contributed by atoms with Crippen molar-refractivity contribution in [2.24, 2.45) is 5.10 Å². The fraction of sp³-hybridized carbons (Fsp3) is 0.143. The van der Waals surface area contributed by atoms with Gasteiger partial charge in [-0.3, -0.25) is 4.98 Å². The van der Waals surface area contributed by atoms with Crippen molar-refractivity contribution in [2.75, 3.05) is 7.05 Å². The van der Waals surface area contributed by atoms with Crippen molar-refractivity contribution in [1.82, 2.24) is 10.4 Å². The van der Waals surface area contributed by atoms with E-state index in [1.807, 2.05) is 0 Å². The monoisotopic (exact) mass is 291 g/mol. The van der Waals surface area contributed by atoms with E-state index in [1.165, 1.54) is 0 Å². The topological polar surface area (TPSA) is 37.3 Å². The van der Waals surface area contributed by atoms with Crippen LogP contribution in [-0.4, -0.2) is 18.2 Å². The van der Waals surface area contributed by atoms with Crippen molar-refractivity contribution in [1.29, 1.82) is 0 Å². The molecule has 0 aliphatic rings. The van der Waals surface area contributed by atoms with Crippen LogP contribution in [0.2, 0.25) is 0 Å². The molecule has 0 aromatic carbocycles. The van der Waals surface area contributed by atoms with Gasteiger partial charge in [-0.15, -0.1) is 0 Å². The highest BCUT2D eigenvalue weighted by atomic mass is 79.9. The Kier molecular flexibility index (Phi) is 3.68. The van der Waals surface area contributed by atoms with E-state index in [-0.39, 0.29) is 0 Å². The maximum Gasteiger partial charge on any atom is 0.0564 e. The predicted molar refractivity (Wildman–Crippen MR) is 56.3 cm³/mol. The number of rotatable bonds is 2. The van der Waals surface area contributed by atoms with Gasteiger partial charge in [0.15, 0.2) is 0 Å². The van der Waals surface area contributed by atoms with Gasteiger partial charge in [-0.05, 0) is 31.9 Å². The zero-order valence-electron chi connectivity index (χ0n) is 6.38. The molecule has 0 bridgehead atoms. The highest BCUT2D eigenvalue weighted by molar-refractivity contribution is 9.11. The van der Waals surface area contributed by atoms with E-state index in [4.69, 9.17) is 0 Å². The smallest absolute Gasteiger partial charge is 0.0564 e. The molecule has 0 saturated carbocycles. The third kappa shape index (κ3) is 2.28. The number of halogens is 2. The average molecular weight is 293 g/mol. The molecule has 1 heterocycles. The van der Waals surface area contributed by atoms with Crippen molar-refractivity contribution in [3.8, 4) is 0 Å². The molecular weight excluding hydrogens is 286 g/mol. The lowest BCUT2D eigenvalue weighted by Crippen LogP contribution is -1.96. The van der Waals surface area contributed by atoms with Gasteiger partial charge in [0, 0.05) is 34.0 Å². The second kappa shape index (κ2) is 4.57. The summed E-state index contributed by atoms with van der Waals surface area (Å²) in [6, 6.07) is 0. The molecule has 12 heavy (non-hydrogen) atoms. The molecule has 1 aromatic rings. The molecule has 0 spiro atoms. The lowest BCUT2D eigenvalue weighted by atomic mass is 10.3. The highest BCUT2D eigenvalue weighted by Gasteiger charge is 2.01. The molecule has 0 unspecified atom stereocenters. The van der Waals surface area contributed by atoms with E-state index >= 15 is 0 Å². The number of hydrogen-bond acceptors (Lipinski definition) is 3. The van der Waals surface area contributed by atoms with Crippen LogP contribution in [0, 0.1) is 0 Å². The fourth-order valence-corrected chi connectivity index (χ4v) is 1.81. The van der Waals surface area contributed by atoms with Crippen molar-refractivity contribution < 1.29 is 0 Å². The minimum Gasteiger partial charge on any atom is -0.313 e. The van der Waals surface area contributed by atoms with Gasteiger partial charge >= 0.3 is 0 Å². The fourth-order valence-electron chi connectivity index (χ4n) is 0.674. The maximum absolute atomic E-state index is 3.98. The summed E-state index contributed by atoms with van der Waals surface area (Å²) in [5.41, 5.74) is 3.65. The van der Waals surface area contributed by atoms with E-state index in [0.29, 0.717) is 0 Å². The normalized spacial score (nSPS) is 10.6. The van der Waals surface area contributed by atoms with Crippen LogP contribution in [0.25, 0.3) is 0 Å². The second-order valence-electron chi connectivity index (χ2n) is 2.00. The molecule has 5 heteroatoms.